The van der Waals surface area contributed by atoms with E-state index >= 15 is 0 Å². The molecule has 0 saturated carbocycles. The Hall–Kier alpha value is -4.06. The number of aromatic nitrogens is 1. The van der Waals surface area contributed by atoms with Gasteiger partial charge in [0.2, 0.25) is 11.8 Å². The fourth-order valence-electron chi connectivity index (χ4n) is 5.29. The Morgan fingerprint density at radius 2 is 1.68 bits per heavy atom. The van der Waals surface area contributed by atoms with Crippen molar-refractivity contribution in [3.63, 3.8) is 0 Å². The number of benzene rings is 2. The lowest BCUT2D eigenvalue weighted by atomic mass is 9.94. The number of rotatable bonds is 9. The Morgan fingerprint density at radius 1 is 0.919 bits per heavy atom. The molecule has 2 aromatic carbocycles. The lowest BCUT2D eigenvalue weighted by Crippen LogP contribution is -2.47. The topological polar surface area (TPSA) is 58.7 Å². The van der Waals surface area contributed by atoms with Crippen LogP contribution < -0.4 is 4.90 Å². The normalized spacial score (nSPS) is 15.1. The first-order valence-corrected chi connectivity index (χ1v) is 13.1. The van der Waals surface area contributed by atoms with Gasteiger partial charge in [0.15, 0.2) is 0 Å². The summed E-state index contributed by atoms with van der Waals surface area (Å²) in [7, 11) is 0. The monoisotopic (exact) mass is 495 g/mol. The average Bonchev–Trinajstić information content (AvgIpc) is 3.64. The van der Waals surface area contributed by atoms with Crippen LogP contribution in [-0.4, -0.2) is 34.4 Å². The molecule has 2 unspecified atom stereocenters. The minimum atomic E-state index is -0.424. The van der Waals surface area contributed by atoms with E-state index < -0.39 is 6.04 Å². The van der Waals surface area contributed by atoms with Crippen molar-refractivity contribution in [2.45, 2.75) is 45.1 Å². The number of unbranched alkanes of at least 4 members (excludes halogenated alkanes) is 1. The summed E-state index contributed by atoms with van der Waals surface area (Å²) in [4.78, 5) is 31.6. The second-order valence-corrected chi connectivity index (χ2v) is 9.46. The van der Waals surface area contributed by atoms with Crippen molar-refractivity contribution in [3.8, 4) is 5.69 Å². The number of nitrogens with zero attached hydrogens (tertiary/aromatic N) is 3. The van der Waals surface area contributed by atoms with Gasteiger partial charge in [0.05, 0.1) is 29.2 Å². The van der Waals surface area contributed by atoms with Gasteiger partial charge in [-0.3, -0.25) is 14.5 Å². The predicted molar refractivity (Wildman–Crippen MR) is 145 cm³/mol. The molecular formula is C31H33N3O3. The maximum Gasteiger partial charge on any atom is 0.247 e. The van der Waals surface area contributed by atoms with Gasteiger partial charge in [-0.05, 0) is 54.8 Å². The Morgan fingerprint density at radius 3 is 2.38 bits per heavy atom. The SMILES string of the molecule is CCCCN(CC(=O)N1c2ccccc2-n2cccc2C1c1ccco1)C(=O)C(CC)c1ccccc1. The zero-order chi connectivity index (χ0) is 25.8. The zero-order valence-corrected chi connectivity index (χ0v) is 21.4. The summed E-state index contributed by atoms with van der Waals surface area (Å²) in [5, 5.41) is 0. The summed E-state index contributed by atoms with van der Waals surface area (Å²) in [6.45, 7) is 4.68. The standard InChI is InChI=1S/C31H33N3O3/c1-3-5-19-32(31(36)24(4-2)23-13-7-6-8-14-23)22-29(35)34-26-16-10-9-15-25(26)33-20-11-17-27(33)30(34)28-18-12-21-37-28/h6-18,20-21,24,30H,3-5,19,22H2,1-2H3. The number of hydrogen-bond acceptors (Lipinski definition) is 3. The minimum Gasteiger partial charge on any atom is -0.467 e. The van der Waals surface area contributed by atoms with Crippen LogP contribution in [0, 0.1) is 0 Å². The van der Waals surface area contributed by atoms with E-state index in [-0.39, 0.29) is 24.3 Å². The summed E-state index contributed by atoms with van der Waals surface area (Å²) in [6, 6.07) is 25.1. The van der Waals surface area contributed by atoms with E-state index in [2.05, 4.69) is 11.5 Å². The van der Waals surface area contributed by atoms with Crippen molar-refractivity contribution in [1.82, 2.24) is 9.47 Å². The van der Waals surface area contributed by atoms with Crippen molar-refractivity contribution in [1.29, 1.82) is 0 Å². The number of amides is 2. The van der Waals surface area contributed by atoms with Crippen molar-refractivity contribution in [3.05, 3.63) is 108 Å². The molecule has 2 atom stereocenters. The highest BCUT2D eigenvalue weighted by molar-refractivity contribution is 6.00. The van der Waals surface area contributed by atoms with Crippen molar-refractivity contribution in [2.24, 2.45) is 0 Å². The molecule has 0 spiro atoms. The molecule has 2 aromatic heterocycles. The van der Waals surface area contributed by atoms with Crippen LogP contribution >= 0.6 is 0 Å². The molecule has 1 aliphatic heterocycles. The molecule has 6 heteroatoms. The fourth-order valence-corrected chi connectivity index (χ4v) is 5.29. The van der Waals surface area contributed by atoms with Crippen LogP contribution in [0.5, 0.6) is 0 Å². The van der Waals surface area contributed by atoms with Gasteiger partial charge in [-0.25, -0.2) is 0 Å². The van der Waals surface area contributed by atoms with Crippen molar-refractivity contribution in [2.75, 3.05) is 18.0 Å². The maximum atomic E-state index is 14.2. The average molecular weight is 496 g/mol. The highest BCUT2D eigenvalue weighted by Crippen LogP contribution is 2.42. The molecule has 0 bridgehead atoms. The van der Waals surface area contributed by atoms with Crippen LogP contribution in [0.3, 0.4) is 0 Å². The van der Waals surface area contributed by atoms with E-state index in [0.717, 1.165) is 35.5 Å². The number of hydrogen-bond donors (Lipinski definition) is 0. The third-order valence-corrected chi connectivity index (χ3v) is 7.13. The molecular weight excluding hydrogens is 462 g/mol. The summed E-state index contributed by atoms with van der Waals surface area (Å²) >= 11 is 0. The number of fused-ring (bicyclic) bond motifs is 3. The molecule has 0 fully saturated rings. The molecule has 0 saturated heterocycles. The van der Waals surface area contributed by atoms with Crippen molar-refractivity contribution >= 4 is 17.5 Å². The Kier molecular flexibility index (Phi) is 7.26. The van der Waals surface area contributed by atoms with Crippen LogP contribution in [0.2, 0.25) is 0 Å². The largest absolute Gasteiger partial charge is 0.467 e. The maximum absolute atomic E-state index is 14.2. The molecule has 190 valence electrons. The number of carbonyl (C=O) groups is 2. The predicted octanol–water partition coefficient (Wildman–Crippen LogP) is 6.33. The van der Waals surface area contributed by atoms with Gasteiger partial charge < -0.3 is 13.9 Å². The van der Waals surface area contributed by atoms with Crippen molar-refractivity contribution < 1.29 is 14.0 Å². The second-order valence-electron chi connectivity index (χ2n) is 9.46. The van der Waals surface area contributed by atoms with E-state index in [1.54, 1.807) is 16.1 Å². The van der Waals surface area contributed by atoms with Gasteiger partial charge in [-0.15, -0.1) is 0 Å². The summed E-state index contributed by atoms with van der Waals surface area (Å²) in [5.41, 5.74) is 3.67. The highest BCUT2D eigenvalue weighted by Gasteiger charge is 2.38. The Labute approximate surface area is 218 Å². The summed E-state index contributed by atoms with van der Waals surface area (Å²) < 4.78 is 7.94. The van der Waals surface area contributed by atoms with Gasteiger partial charge in [-0.2, -0.15) is 0 Å². The van der Waals surface area contributed by atoms with Crippen LogP contribution in [0.15, 0.2) is 95.7 Å². The van der Waals surface area contributed by atoms with Gasteiger partial charge >= 0.3 is 0 Å². The second kappa shape index (κ2) is 10.9. The fraction of sp³-hybridized carbons (Fsp3) is 0.290. The Balaban J connectivity index is 1.51. The molecule has 0 radical (unpaired) electrons. The third-order valence-electron chi connectivity index (χ3n) is 7.13. The Bertz CT molecular complexity index is 1340. The molecule has 0 N–H and O–H groups in total. The van der Waals surface area contributed by atoms with Crippen LogP contribution in [-0.2, 0) is 9.59 Å². The molecule has 3 heterocycles. The molecule has 0 aliphatic carbocycles. The molecule has 2 amide bonds. The van der Waals surface area contributed by atoms with E-state index in [4.69, 9.17) is 4.42 Å². The third kappa shape index (κ3) is 4.71. The smallest absolute Gasteiger partial charge is 0.247 e. The number of anilines is 1. The first-order chi connectivity index (χ1) is 18.1. The lowest BCUT2D eigenvalue weighted by Gasteiger charge is -2.38. The molecule has 4 aromatic rings. The number of carbonyl (C=O) groups excluding carboxylic acids is 2. The summed E-state index contributed by atoms with van der Waals surface area (Å²) in [5.74, 6) is 0.273. The lowest BCUT2D eigenvalue weighted by molar-refractivity contribution is -0.136. The zero-order valence-electron chi connectivity index (χ0n) is 21.4. The molecule has 6 nitrogen and oxygen atoms in total. The van der Waals surface area contributed by atoms with Gasteiger partial charge in [0.25, 0.3) is 0 Å². The van der Waals surface area contributed by atoms with E-state index in [9.17, 15) is 9.59 Å². The first-order valence-electron chi connectivity index (χ1n) is 13.1. The van der Waals surface area contributed by atoms with Crippen LogP contribution in [0.1, 0.15) is 62.1 Å². The van der Waals surface area contributed by atoms with E-state index in [1.165, 1.54) is 0 Å². The quantitative estimate of drug-likeness (QED) is 0.273. The molecule has 1 aliphatic rings. The summed E-state index contributed by atoms with van der Waals surface area (Å²) in [6.07, 6.45) is 6.10. The molecule has 37 heavy (non-hydrogen) atoms. The van der Waals surface area contributed by atoms with Gasteiger partial charge in [0.1, 0.15) is 18.3 Å². The van der Waals surface area contributed by atoms with Gasteiger partial charge in [0, 0.05) is 12.7 Å². The molecule has 5 rings (SSSR count). The van der Waals surface area contributed by atoms with E-state index in [1.807, 2.05) is 92.0 Å². The number of para-hydroxylation sites is 2. The van der Waals surface area contributed by atoms with Gasteiger partial charge in [-0.1, -0.05) is 62.7 Å². The van der Waals surface area contributed by atoms with Crippen LogP contribution in [0.4, 0.5) is 5.69 Å². The number of furan rings is 1. The minimum absolute atomic E-state index is 0.00119. The van der Waals surface area contributed by atoms with Crippen LogP contribution in [0.25, 0.3) is 5.69 Å². The van der Waals surface area contributed by atoms with E-state index in [0.29, 0.717) is 18.7 Å². The highest BCUT2D eigenvalue weighted by atomic mass is 16.3. The first kappa shape index (κ1) is 24.6.